The third kappa shape index (κ3) is 8.31. The molecule has 0 rings (SSSR count). The minimum Gasteiger partial charge on any atom is -0.481 e. The molecule has 15 heavy (non-hydrogen) atoms. The van der Waals surface area contributed by atoms with Crippen LogP contribution in [0.25, 0.3) is 0 Å². The van der Waals surface area contributed by atoms with Crippen molar-refractivity contribution in [3.8, 4) is 6.07 Å². The summed E-state index contributed by atoms with van der Waals surface area (Å²) in [6.07, 6.45) is 2.05. The van der Waals surface area contributed by atoms with Crippen molar-refractivity contribution < 1.29 is 9.90 Å². The maximum Gasteiger partial charge on any atom is 0.304 e. The monoisotopic (exact) mass is 229 g/mol. The molecule has 1 N–H and O–H groups in total. The molecule has 0 bridgehead atoms. The van der Waals surface area contributed by atoms with Crippen LogP contribution in [0.3, 0.4) is 0 Å². The third-order valence-corrected chi connectivity index (χ3v) is 3.37. The van der Waals surface area contributed by atoms with Gasteiger partial charge in [0.15, 0.2) is 0 Å². The molecule has 0 aromatic heterocycles. The fraction of sp³-hybridized carbons (Fsp3) is 0.818. The van der Waals surface area contributed by atoms with Crippen LogP contribution in [0.15, 0.2) is 0 Å². The number of carboxylic acids is 1. The second-order valence-electron chi connectivity index (χ2n) is 4.38. The molecule has 0 aromatic carbocycles. The molecule has 0 heterocycles. The Labute approximate surface area is 95.9 Å². The molecule has 4 heteroatoms. The molecule has 0 spiro atoms. The molecule has 0 saturated carbocycles. The highest BCUT2D eigenvalue weighted by molar-refractivity contribution is 7.99. The van der Waals surface area contributed by atoms with Crippen LogP contribution in [-0.2, 0) is 4.79 Å². The zero-order valence-corrected chi connectivity index (χ0v) is 10.4. The van der Waals surface area contributed by atoms with E-state index in [1.807, 2.05) is 20.8 Å². The van der Waals surface area contributed by atoms with Crippen molar-refractivity contribution in [2.45, 2.75) is 45.3 Å². The van der Waals surface area contributed by atoms with Crippen LogP contribution in [0.4, 0.5) is 0 Å². The standard InChI is InChI=1S/C11H19NO2S/c1-9(7-10(13)14)15-6-4-5-11(2,3)8-12/h9H,4-7H2,1-3H3,(H,13,14). The Balaban J connectivity index is 3.55. The second kappa shape index (κ2) is 6.73. The number of nitrogens with zero attached hydrogens (tertiary/aromatic N) is 1. The molecule has 0 saturated heterocycles. The van der Waals surface area contributed by atoms with Crippen molar-refractivity contribution in [2.75, 3.05) is 5.75 Å². The van der Waals surface area contributed by atoms with E-state index in [-0.39, 0.29) is 17.1 Å². The number of hydrogen-bond donors (Lipinski definition) is 1. The summed E-state index contributed by atoms with van der Waals surface area (Å²) in [6, 6.07) is 2.26. The quantitative estimate of drug-likeness (QED) is 0.682. The van der Waals surface area contributed by atoms with Gasteiger partial charge < -0.3 is 5.11 Å². The molecule has 0 fully saturated rings. The van der Waals surface area contributed by atoms with E-state index >= 15 is 0 Å². The summed E-state index contributed by atoms with van der Waals surface area (Å²) < 4.78 is 0. The van der Waals surface area contributed by atoms with Crippen LogP contribution in [0.5, 0.6) is 0 Å². The number of nitriles is 1. The fourth-order valence-electron chi connectivity index (χ4n) is 1.16. The van der Waals surface area contributed by atoms with Crippen molar-refractivity contribution in [3.05, 3.63) is 0 Å². The van der Waals surface area contributed by atoms with E-state index in [1.54, 1.807) is 11.8 Å². The number of aliphatic carboxylic acids is 1. The molecule has 3 nitrogen and oxygen atoms in total. The maximum absolute atomic E-state index is 10.4. The number of hydrogen-bond acceptors (Lipinski definition) is 3. The Morgan fingerprint density at radius 3 is 2.67 bits per heavy atom. The lowest BCUT2D eigenvalue weighted by Crippen LogP contribution is -2.09. The molecule has 86 valence electrons. The van der Waals surface area contributed by atoms with Gasteiger partial charge in [0, 0.05) is 5.25 Å². The summed E-state index contributed by atoms with van der Waals surface area (Å²) in [6.45, 7) is 5.78. The summed E-state index contributed by atoms with van der Waals surface area (Å²) in [4.78, 5) is 10.4. The van der Waals surface area contributed by atoms with Gasteiger partial charge in [0.05, 0.1) is 17.9 Å². The zero-order valence-electron chi connectivity index (χ0n) is 9.62. The van der Waals surface area contributed by atoms with Crippen molar-refractivity contribution in [1.29, 1.82) is 5.26 Å². The van der Waals surface area contributed by atoms with Crippen LogP contribution in [0, 0.1) is 16.7 Å². The molecular formula is C11H19NO2S. The molecule has 0 aliphatic rings. The zero-order chi connectivity index (χ0) is 11.9. The van der Waals surface area contributed by atoms with Gasteiger partial charge in [-0.15, -0.1) is 0 Å². The van der Waals surface area contributed by atoms with E-state index < -0.39 is 5.97 Å². The highest BCUT2D eigenvalue weighted by Crippen LogP contribution is 2.23. The van der Waals surface area contributed by atoms with Gasteiger partial charge in [-0.3, -0.25) is 4.79 Å². The van der Waals surface area contributed by atoms with Crippen LogP contribution < -0.4 is 0 Å². The highest BCUT2D eigenvalue weighted by Gasteiger charge is 2.16. The first-order chi connectivity index (χ1) is 6.87. The van der Waals surface area contributed by atoms with Crippen molar-refractivity contribution in [2.24, 2.45) is 5.41 Å². The lowest BCUT2D eigenvalue weighted by atomic mass is 9.90. The molecular weight excluding hydrogens is 210 g/mol. The maximum atomic E-state index is 10.4. The van der Waals surface area contributed by atoms with E-state index in [0.717, 1.165) is 18.6 Å². The average Bonchev–Trinajstić information content (AvgIpc) is 2.11. The number of rotatable bonds is 7. The summed E-state index contributed by atoms with van der Waals surface area (Å²) >= 11 is 1.67. The largest absolute Gasteiger partial charge is 0.481 e. The lowest BCUT2D eigenvalue weighted by Gasteiger charge is -2.15. The summed E-state index contributed by atoms with van der Waals surface area (Å²) in [5.74, 6) is 0.187. The van der Waals surface area contributed by atoms with Crippen molar-refractivity contribution in [3.63, 3.8) is 0 Å². The van der Waals surface area contributed by atoms with Crippen LogP contribution in [0.1, 0.15) is 40.0 Å². The molecule has 0 aliphatic heterocycles. The third-order valence-electron chi connectivity index (χ3n) is 2.11. The van der Waals surface area contributed by atoms with E-state index in [4.69, 9.17) is 10.4 Å². The first kappa shape index (κ1) is 14.3. The van der Waals surface area contributed by atoms with E-state index in [2.05, 4.69) is 6.07 Å². The Bertz CT molecular complexity index is 245. The Morgan fingerprint density at radius 1 is 1.60 bits per heavy atom. The molecule has 0 aromatic rings. The Morgan fingerprint density at radius 2 is 2.20 bits per heavy atom. The first-order valence-corrected chi connectivity index (χ1v) is 6.17. The molecule has 1 atom stereocenters. The van der Waals surface area contributed by atoms with Crippen LogP contribution >= 0.6 is 11.8 Å². The van der Waals surface area contributed by atoms with Gasteiger partial charge in [0.25, 0.3) is 0 Å². The van der Waals surface area contributed by atoms with Crippen molar-refractivity contribution in [1.82, 2.24) is 0 Å². The Hall–Kier alpha value is -0.690. The van der Waals surface area contributed by atoms with E-state index in [1.165, 1.54) is 0 Å². The molecule has 0 radical (unpaired) electrons. The smallest absolute Gasteiger partial charge is 0.304 e. The normalized spacial score (nSPS) is 13.2. The van der Waals surface area contributed by atoms with Gasteiger partial charge in [-0.2, -0.15) is 17.0 Å². The molecule has 0 amide bonds. The minimum absolute atomic E-state index is 0.160. The van der Waals surface area contributed by atoms with Crippen LogP contribution in [-0.4, -0.2) is 22.1 Å². The second-order valence-corrected chi connectivity index (χ2v) is 5.92. The summed E-state index contributed by atoms with van der Waals surface area (Å²) in [5.41, 5.74) is -0.253. The first-order valence-electron chi connectivity index (χ1n) is 5.12. The van der Waals surface area contributed by atoms with Crippen molar-refractivity contribution >= 4 is 17.7 Å². The van der Waals surface area contributed by atoms with Gasteiger partial charge in [-0.05, 0) is 32.4 Å². The van der Waals surface area contributed by atoms with Crippen LogP contribution in [0.2, 0.25) is 0 Å². The van der Waals surface area contributed by atoms with Gasteiger partial charge in [-0.1, -0.05) is 6.92 Å². The molecule has 0 aliphatic carbocycles. The van der Waals surface area contributed by atoms with Gasteiger partial charge in [0.2, 0.25) is 0 Å². The van der Waals surface area contributed by atoms with Gasteiger partial charge in [-0.25, -0.2) is 0 Å². The summed E-state index contributed by atoms with van der Waals surface area (Å²) in [7, 11) is 0. The van der Waals surface area contributed by atoms with E-state index in [9.17, 15) is 4.79 Å². The minimum atomic E-state index is -0.743. The topological polar surface area (TPSA) is 61.1 Å². The fourth-order valence-corrected chi connectivity index (χ4v) is 2.13. The molecule has 1 unspecified atom stereocenters. The lowest BCUT2D eigenvalue weighted by molar-refractivity contribution is -0.136. The van der Waals surface area contributed by atoms with Gasteiger partial charge >= 0.3 is 5.97 Å². The van der Waals surface area contributed by atoms with E-state index in [0.29, 0.717) is 0 Å². The summed E-state index contributed by atoms with van der Waals surface area (Å²) in [5, 5.41) is 17.5. The average molecular weight is 229 g/mol. The van der Waals surface area contributed by atoms with Gasteiger partial charge in [0.1, 0.15) is 0 Å². The predicted molar refractivity (Wildman–Crippen MR) is 62.8 cm³/mol. The Kier molecular flexibility index (Phi) is 6.42. The SMILES string of the molecule is CC(CC(=O)O)SCCCC(C)(C)C#N. The predicted octanol–water partition coefficient (Wildman–Crippen LogP) is 2.91. The highest BCUT2D eigenvalue weighted by atomic mass is 32.2. The number of carbonyl (C=O) groups is 1. The number of carboxylic acid groups (broad SMARTS) is 1. The number of thioether (sulfide) groups is 1.